The number of aliphatic hydroxyl groups excluding tert-OH is 1. The van der Waals surface area contributed by atoms with Gasteiger partial charge in [-0.05, 0) is 25.7 Å². The molecule has 0 bridgehead atoms. The fourth-order valence-electron chi connectivity index (χ4n) is 2.37. The van der Waals surface area contributed by atoms with Crippen molar-refractivity contribution in [1.29, 1.82) is 0 Å². The molecule has 0 aromatic heterocycles. The van der Waals surface area contributed by atoms with Crippen molar-refractivity contribution >= 4 is 10.1 Å². The zero-order valence-electron chi connectivity index (χ0n) is 14.0. The standard InChI is InChI=1S/C15H32O4S.Na/c1-3-5-7-8-9-11-15(20(17,18)19)13-12-14(16)10-6-4-2;/h14-16H,3-13H2,1-2H3,(H,17,18,19);/q;+1/p-1. The van der Waals surface area contributed by atoms with Crippen molar-refractivity contribution in [2.75, 3.05) is 0 Å². The normalized spacial score (nSPS) is 14.5. The Bertz CT molecular complexity index is 320. The van der Waals surface area contributed by atoms with Crippen molar-refractivity contribution in [3.8, 4) is 0 Å². The molecule has 0 aliphatic carbocycles. The van der Waals surface area contributed by atoms with Gasteiger partial charge in [0.2, 0.25) is 0 Å². The van der Waals surface area contributed by atoms with Crippen LogP contribution in [0.5, 0.6) is 0 Å². The van der Waals surface area contributed by atoms with Gasteiger partial charge in [0.1, 0.15) is 0 Å². The van der Waals surface area contributed by atoms with Gasteiger partial charge in [0.15, 0.2) is 0 Å². The van der Waals surface area contributed by atoms with Gasteiger partial charge in [-0.15, -0.1) is 0 Å². The van der Waals surface area contributed by atoms with Crippen molar-refractivity contribution in [3.63, 3.8) is 0 Å². The maximum absolute atomic E-state index is 11.2. The summed E-state index contributed by atoms with van der Waals surface area (Å²) in [4.78, 5) is 0. The zero-order valence-corrected chi connectivity index (χ0v) is 16.8. The number of aliphatic hydroxyl groups is 1. The van der Waals surface area contributed by atoms with Crippen LogP contribution in [0.15, 0.2) is 0 Å². The minimum atomic E-state index is -4.23. The molecule has 0 saturated heterocycles. The molecule has 0 rings (SSSR count). The van der Waals surface area contributed by atoms with Gasteiger partial charge < -0.3 is 9.66 Å². The van der Waals surface area contributed by atoms with Crippen LogP contribution in [-0.2, 0) is 10.1 Å². The molecule has 4 nitrogen and oxygen atoms in total. The first kappa shape index (κ1) is 24.1. The first-order chi connectivity index (χ1) is 9.41. The fraction of sp³-hybridized carbons (Fsp3) is 1.00. The van der Waals surface area contributed by atoms with Gasteiger partial charge in [0.25, 0.3) is 0 Å². The van der Waals surface area contributed by atoms with E-state index in [-0.39, 0.29) is 29.6 Å². The Labute approximate surface area is 153 Å². The van der Waals surface area contributed by atoms with Gasteiger partial charge in [-0.25, -0.2) is 8.42 Å². The topological polar surface area (TPSA) is 77.4 Å². The maximum atomic E-state index is 11.2. The molecule has 0 aromatic carbocycles. The number of unbranched alkanes of at least 4 members (excludes halogenated alkanes) is 5. The summed E-state index contributed by atoms with van der Waals surface area (Å²) in [6.07, 6.45) is 8.50. The molecule has 0 spiro atoms. The summed E-state index contributed by atoms with van der Waals surface area (Å²) in [5.41, 5.74) is 0. The van der Waals surface area contributed by atoms with E-state index in [1.807, 2.05) is 6.92 Å². The second-order valence-corrected chi connectivity index (χ2v) is 7.34. The largest absolute Gasteiger partial charge is 1.00 e. The molecule has 0 fully saturated rings. The minimum absolute atomic E-state index is 0. The first-order valence-electron chi connectivity index (χ1n) is 8.04. The van der Waals surface area contributed by atoms with Gasteiger partial charge in [-0.1, -0.05) is 58.8 Å². The minimum Gasteiger partial charge on any atom is -0.748 e. The average molecular weight is 330 g/mol. The Morgan fingerprint density at radius 1 is 0.857 bits per heavy atom. The van der Waals surface area contributed by atoms with Crippen molar-refractivity contribution in [1.82, 2.24) is 0 Å². The van der Waals surface area contributed by atoms with Crippen molar-refractivity contribution in [2.24, 2.45) is 0 Å². The van der Waals surface area contributed by atoms with E-state index in [9.17, 15) is 18.1 Å². The SMILES string of the molecule is CCCCCCCC(CCC(O)CCCC)S(=O)(=O)[O-].[Na+]. The van der Waals surface area contributed by atoms with E-state index in [1.165, 1.54) is 0 Å². The second-order valence-electron chi connectivity index (χ2n) is 5.69. The fourth-order valence-corrected chi connectivity index (χ4v) is 3.25. The molecule has 0 radical (unpaired) electrons. The summed E-state index contributed by atoms with van der Waals surface area (Å²) in [5.74, 6) is 0. The van der Waals surface area contributed by atoms with Gasteiger partial charge in [0.05, 0.1) is 16.2 Å². The van der Waals surface area contributed by atoms with Crippen LogP contribution in [0.1, 0.15) is 84.5 Å². The van der Waals surface area contributed by atoms with E-state index in [4.69, 9.17) is 0 Å². The van der Waals surface area contributed by atoms with Crippen LogP contribution in [0.3, 0.4) is 0 Å². The van der Waals surface area contributed by atoms with E-state index in [1.54, 1.807) is 0 Å². The molecule has 0 aromatic rings. The summed E-state index contributed by atoms with van der Waals surface area (Å²) in [5, 5.41) is 8.92. The van der Waals surface area contributed by atoms with Crippen LogP contribution in [-0.4, -0.2) is 29.4 Å². The summed E-state index contributed by atoms with van der Waals surface area (Å²) in [6.45, 7) is 4.18. The predicted octanol–water partition coefficient (Wildman–Crippen LogP) is 0.596. The molecule has 0 aliphatic heterocycles. The molecular weight excluding hydrogens is 299 g/mol. The van der Waals surface area contributed by atoms with Crippen molar-refractivity contribution in [2.45, 2.75) is 95.8 Å². The molecule has 2 atom stereocenters. The molecule has 1 N–H and O–H groups in total. The van der Waals surface area contributed by atoms with Crippen LogP contribution < -0.4 is 29.6 Å². The second kappa shape index (κ2) is 14.5. The summed E-state index contributed by atoms with van der Waals surface area (Å²) in [7, 11) is -4.23. The molecular formula is C15H31NaO4S. The smallest absolute Gasteiger partial charge is 0.748 e. The Morgan fingerprint density at radius 3 is 1.95 bits per heavy atom. The summed E-state index contributed by atoms with van der Waals surface area (Å²) < 4.78 is 33.7. The molecule has 2 unspecified atom stereocenters. The van der Waals surface area contributed by atoms with E-state index >= 15 is 0 Å². The van der Waals surface area contributed by atoms with Crippen LogP contribution in [0.4, 0.5) is 0 Å². The first-order valence-corrected chi connectivity index (χ1v) is 9.51. The molecule has 21 heavy (non-hydrogen) atoms. The molecule has 0 amide bonds. The third-order valence-corrected chi connectivity index (χ3v) is 5.04. The average Bonchev–Trinajstić information content (AvgIpc) is 2.38. The molecule has 122 valence electrons. The molecule has 0 saturated carbocycles. The third kappa shape index (κ3) is 14.2. The number of hydrogen-bond donors (Lipinski definition) is 1. The third-order valence-electron chi connectivity index (χ3n) is 3.75. The van der Waals surface area contributed by atoms with Crippen LogP contribution in [0, 0.1) is 0 Å². The maximum Gasteiger partial charge on any atom is 1.00 e. The predicted molar refractivity (Wildman–Crippen MR) is 81.6 cm³/mol. The zero-order chi connectivity index (χ0) is 15.4. The molecule has 6 heteroatoms. The Balaban J connectivity index is 0. The van der Waals surface area contributed by atoms with Crippen molar-refractivity contribution < 1.29 is 47.6 Å². The van der Waals surface area contributed by atoms with Crippen LogP contribution in [0.2, 0.25) is 0 Å². The number of hydrogen-bond acceptors (Lipinski definition) is 4. The van der Waals surface area contributed by atoms with E-state index in [0.717, 1.165) is 44.9 Å². The Hall–Kier alpha value is 0.870. The van der Waals surface area contributed by atoms with Crippen LogP contribution in [0.25, 0.3) is 0 Å². The van der Waals surface area contributed by atoms with Gasteiger partial charge in [-0.2, -0.15) is 0 Å². The molecule has 0 heterocycles. The summed E-state index contributed by atoms with van der Waals surface area (Å²) in [6, 6.07) is 0. The Kier molecular flexibility index (Phi) is 16.6. The van der Waals surface area contributed by atoms with Gasteiger partial charge >= 0.3 is 29.6 Å². The van der Waals surface area contributed by atoms with E-state index in [0.29, 0.717) is 25.7 Å². The van der Waals surface area contributed by atoms with E-state index in [2.05, 4.69) is 6.92 Å². The number of rotatable bonds is 13. The monoisotopic (exact) mass is 330 g/mol. The Morgan fingerprint density at radius 2 is 1.43 bits per heavy atom. The van der Waals surface area contributed by atoms with Gasteiger partial charge in [0, 0.05) is 5.25 Å². The summed E-state index contributed by atoms with van der Waals surface area (Å²) >= 11 is 0. The molecule has 0 aliphatic rings. The van der Waals surface area contributed by atoms with Crippen molar-refractivity contribution in [3.05, 3.63) is 0 Å². The van der Waals surface area contributed by atoms with Gasteiger partial charge in [-0.3, -0.25) is 0 Å². The van der Waals surface area contributed by atoms with Crippen LogP contribution >= 0.6 is 0 Å². The van der Waals surface area contributed by atoms with E-state index < -0.39 is 21.5 Å². The quantitative estimate of drug-likeness (QED) is 0.305.